The Hall–Kier alpha value is -0.890. The molecular weight excluding hydrogens is 378 g/mol. The number of benzene rings is 1. The quantitative estimate of drug-likeness (QED) is 0.769. The normalized spacial score (nSPS) is 11.8. The van der Waals surface area contributed by atoms with Gasteiger partial charge < -0.3 is 0 Å². The average Bonchev–Trinajstić information content (AvgIpc) is 2.74. The lowest BCUT2D eigenvalue weighted by Crippen LogP contribution is -2.25. The van der Waals surface area contributed by atoms with Gasteiger partial charge in [-0.3, -0.25) is 4.68 Å². The smallest absolute Gasteiger partial charge is 0.240 e. The van der Waals surface area contributed by atoms with Gasteiger partial charge in [0.15, 0.2) is 0 Å². The Labute approximate surface area is 137 Å². The lowest BCUT2D eigenvalue weighted by atomic mass is 10.4. The Kier molecular flexibility index (Phi) is 5.43. The molecule has 0 spiro atoms. The molecule has 1 aromatic carbocycles. The second-order valence-corrected chi connectivity index (χ2v) is 7.59. The first kappa shape index (κ1) is 16.5. The van der Waals surface area contributed by atoms with Gasteiger partial charge in [0.2, 0.25) is 10.0 Å². The second-order valence-electron chi connectivity index (χ2n) is 4.53. The van der Waals surface area contributed by atoms with Crippen LogP contribution in [0.4, 0.5) is 0 Å². The Morgan fingerprint density at radius 2 is 2.00 bits per heavy atom. The van der Waals surface area contributed by atoms with E-state index in [-0.39, 0.29) is 4.90 Å². The van der Waals surface area contributed by atoms with Crippen molar-refractivity contribution in [1.82, 2.24) is 14.5 Å². The number of sulfonamides is 1. The highest BCUT2D eigenvalue weighted by atomic mass is 79.9. The van der Waals surface area contributed by atoms with E-state index < -0.39 is 10.0 Å². The summed E-state index contributed by atoms with van der Waals surface area (Å²) in [5.74, 6) is 0. The van der Waals surface area contributed by atoms with Crippen LogP contribution < -0.4 is 4.72 Å². The average molecular weight is 393 g/mol. The third-order valence-electron chi connectivity index (χ3n) is 2.87. The minimum absolute atomic E-state index is 0.213. The van der Waals surface area contributed by atoms with Crippen molar-refractivity contribution in [3.63, 3.8) is 0 Å². The van der Waals surface area contributed by atoms with Gasteiger partial charge in [0, 0.05) is 24.3 Å². The van der Waals surface area contributed by atoms with Crippen LogP contribution in [0.15, 0.2) is 39.8 Å². The van der Waals surface area contributed by atoms with Gasteiger partial charge in [0.05, 0.1) is 15.1 Å². The summed E-state index contributed by atoms with van der Waals surface area (Å²) in [6, 6.07) is 6.08. The molecule has 21 heavy (non-hydrogen) atoms. The first-order valence-corrected chi connectivity index (χ1v) is 8.99. The van der Waals surface area contributed by atoms with Crippen molar-refractivity contribution in [2.45, 2.75) is 24.8 Å². The van der Waals surface area contributed by atoms with Gasteiger partial charge in [-0.2, -0.15) is 5.10 Å². The van der Waals surface area contributed by atoms with Crippen LogP contribution in [0.1, 0.15) is 12.1 Å². The molecule has 0 saturated heterocycles. The summed E-state index contributed by atoms with van der Waals surface area (Å²) in [4.78, 5) is 0.213. The zero-order chi connectivity index (χ0) is 15.5. The summed E-state index contributed by atoms with van der Waals surface area (Å²) in [6.45, 7) is 2.90. The molecule has 0 bridgehead atoms. The predicted octanol–water partition coefficient (Wildman–Crippen LogP) is 2.98. The summed E-state index contributed by atoms with van der Waals surface area (Å²) < 4.78 is 29.4. The van der Waals surface area contributed by atoms with Gasteiger partial charge in [0.1, 0.15) is 0 Å². The van der Waals surface area contributed by atoms with Crippen LogP contribution in [-0.4, -0.2) is 24.7 Å². The van der Waals surface area contributed by atoms with Crippen LogP contribution in [-0.2, 0) is 16.6 Å². The molecule has 0 saturated carbocycles. The lowest BCUT2D eigenvalue weighted by molar-refractivity contribution is 0.551. The largest absolute Gasteiger partial charge is 0.271 e. The highest BCUT2D eigenvalue weighted by molar-refractivity contribution is 9.10. The number of nitrogens with zero attached hydrogens (tertiary/aromatic N) is 2. The SMILES string of the molecule is Cc1nn(CCCNS(=O)(=O)c2ccc(Cl)cc2)cc1Br. The van der Waals surface area contributed by atoms with E-state index in [0.29, 0.717) is 24.5 Å². The predicted molar refractivity (Wildman–Crippen MR) is 85.9 cm³/mol. The van der Waals surface area contributed by atoms with E-state index in [0.717, 1.165) is 10.2 Å². The van der Waals surface area contributed by atoms with E-state index in [1.807, 2.05) is 13.1 Å². The maximum Gasteiger partial charge on any atom is 0.240 e. The van der Waals surface area contributed by atoms with Crippen molar-refractivity contribution >= 4 is 37.6 Å². The third-order valence-corrected chi connectivity index (χ3v) is 5.37. The second kappa shape index (κ2) is 6.91. The summed E-state index contributed by atoms with van der Waals surface area (Å²) in [5, 5.41) is 4.80. The van der Waals surface area contributed by atoms with Crippen molar-refractivity contribution in [2.75, 3.05) is 6.54 Å². The van der Waals surface area contributed by atoms with Crippen molar-refractivity contribution < 1.29 is 8.42 Å². The summed E-state index contributed by atoms with van der Waals surface area (Å²) >= 11 is 9.13. The molecule has 0 fully saturated rings. The van der Waals surface area contributed by atoms with E-state index in [9.17, 15) is 8.42 Å². The van der Waals surface area contributed by atoms with E-state index in [2.05, 4.69) is 25.8 Å². The summed E-state index contributed by atoms with van der Waals surface area (Å²) in [7, 11) is -3.48. The Morgan fingerprint density at radius 1 is 1.33 bits per heavy atom. The molecule has 2 aromatic rings. The van der Waals surface area contributed by atoms with Gasteiger partial charge in [-0.1, -0.05) is 11.6 Å². The third kappa shape index (κ3) is 4.54. The van der Waals surface area contributed by atoms with Gasteiger partial charge in [-0.05, 0) is 53.5 Å². The van der Waals surface area contributed by atoms with Crippen molar-refractivity contribution in [3.8, 4) is 0 Å². The van der Waals surface area contributed by atoms with Crippen LogP contribution >= 0.6 is 27.5 Å². The molecule has 0 aliphatic rings. The maximum atomic E-state index is 12.0. The van der Waals surface area contributed by atoms with Crippen molar-refractivity contribution in [1.29, 1.82) is 0 Å². The molecule has 1 aromatic heterocycles. The number of hydrogen-bond donors (Lipinski definition) is 1. The zero-order valence-corrected chi connectivity index (χ0v) is 14.5. The number of aromatic nitrogens is 2. The van der Waals surface area contributed by atoms with Gasteiger partial charge in [-0.15, -0.1) is 0 Å². The van der Waals surface area contributed by atoms with Gasteiger partial charge in [-0.25, -0.2) is 13.1 Å². The standard InChI is InChI=1S/C13H15BrClN3O2S/c1-10-13(14)9-18(17-10)8-2-7-16-21(19,20)12-5-3-11(15)4-6-12/h3-6,9,16H,2,7-8H2,1H3. The monoisotopic (exact) mass is 391 g/mol. The molecule has 0 unspecified atom stereocenters. The molecular formula is C13H15BrClN3O2S. The number of hydrogen-bond acceptors (Lipinski definition) is 3. The van der Waals surface area contributed by atoms with Gasteiger partial charge in [0.25, 0.3) is 0 Å². The van der Waals surface area contributed by atoms with Crippen LogP contribution in [0.3, 0.4) is 0 Å². The lowest BCUT2D eigenvalue weighted by Gasteiger charge is -2.07. The van der Waals surface area contributed by atoms with E-state index in [1.165, 1.54) is 12.1 Å². The first-order chi connectivity index (χ1) is 9.88. The first-order valence-electron chi connectivity index (χ1n) is 6.33. The molecule has 2 rings (SSSR count). The zero-order valence-electron chi connectivity index (χ0n) is 11.4. The fourth-order valence-electron chi connectivity index (χ4n) is 1.75. The molecule has 0 aliphatic carbocycles. The highest BCUT2D eigenvalue weighted by Crippen LogP contribution is 2.14. The summed E-state index contributed by atoms with van der Waals surface area (Å²) in [5.41, 5.74) is 0.914. The van der Waals surface area contributed by atoms with Crippen LogP contribution in [0, 0.1) is 6.92 Å². The molecule has 0 radical (unpaired) electrons. The molecule has 8 heteroatoms. The maximum absolute atomic E-state index is 12.0. The number of aryl methyl sites for hydroxylation is 2. The van der Waals surface area contributed by atoms with E-state index in [1.54, 1.807) is 16.8 Å². The molecule has 114 valence electrons. The Bertz CT molecular complexity index is 694. The number of nitrogens with one attached hydrogen (secondary N) is 1. The Balaban J connectivity index is 1.86. The topological polar surface area (TPSA) is 64.0 Å². The molecule has 5 nitrogen and oxygen atoms in total. The van der Waals surface area contributed by atoms with E-state index in [4.69, 9.17) is 11.6 Å². The van der Waals surface area contributed by atoms with Crippen molar-refractivity contribution in [2.24, 2.45) is 0 Å². The fourth-order valence-corrected chi connectivity index (χ4v) is 3.27. The number of rotatable bonds is 6. The Morgan fingerprint density at radius 3 is 2.57 bits per heavy atom. The summed E-state index contributed by atoms with van der Waals surface area (Å²) in [6.07, 6.45) is 2.53. The molecule has 0 atom stereocenters. The molecule has 0 amide bonds. The van der Waals surface area contributed by atoms with E-state index >= 15 is 0 Å². The number of halogens is 2. The van der Waals surface area contributed by atoms with Crippen LogP contribution in [0.25, 0.3) is 0 Å². The van der Waals surface area contributed by atoms with Crippen LogP contribution in [0.2, 0.25) is 5.02 Å². The minimum Gasteiger partial charge on any atom is -0.271 e. The molecule has 1 heterocycles. The van der Waals surface area contributed by atoms with Crippen LogP contribution in [0.5, 0.6) is 0 Å². The van der Waals surface area contributed by atoms with Crippen molar-refractivity contribution in [3.05, 3.63) is 45.7 Å². The minimum atomic E-state index is -3.48. The highest BCUT2D eigenvalue weighted by Gasteiger charge is 2.12. The van der Waals surface area contributed by atoms with Gasteiger partial charge >= 0.3 is 0 Å². The molecule has 1 N–H and O–H groups in total. The fraction of sp³-hybridized carbons (Fsp3) is 0.308. The molecule has 0 aliphatic heterocycles.